The zero-order valence-electron chi connectivity index (χ0n) is 21.5. The third-order valence-corrected chi connectivity index (χ3v) is 6.76. The van der Waals surface area contributed by atoms with Gasteiger partial charge in [-0.3, -0.25) is 9.36 Å². The van der Waals surface area contributed by atoms with Crippen LogP contribution in [0, 0.1) is 13.8 Å². The predicted octanol–water partition coefficient (Wildman–Crippen LogP) is 6.29. The smallest absolute Gasteiger partial charge is 0.322 e. The van der Waals surface area contributed by atoms with Crippen molar-refractivity contribution < 1.29 is 9.53 Å². The van der Waals surface area contributed by atoms with Crippen LogP contribution in [0.1, 0.15) is 36.3 Å². The Hall–Kier alpha value is -3.68. The number of anilines is 1. The number of hydrogen-bond acceptors (Lipinski definition) is 4. The quantitative estimate of drug-likeness (QED) is 0.297. The van der Waals surface area contributed by atoms with Crippen molar-refractivity contribution in [1.29, 1.82) is 0 Å². The SMILES string of the molecule is CCC(c1nc2ccccc2c(=O)n1-c1ccc(C)c(C)c1)N(CCOC)C(=O)Nc1ccc(Cl)cc1. The molecule has 8 heteroatoms. The van der Waals surface area contributed by atoms with E-state index < -0.39 is 6.04 Å². The molecule has 192 valence electrons. The van der Waals surface area contributed by atoms with E-state index in [1.807, 2.05) is 57.2 Å². The Bertz CT molecular complexity index is 1470. The number of nitrogens with one attached hydrogen (secondary N) is 1. The zero-order valence-corrected chi connectivity index (χ0v) is 22.2. The van der Waals surface area contributed by atoms with Crippen LogP contribution in [0.4, 0.5) is 10.5 Å². The predicted molar refractivity (Wildman–Crippen MR) is 149 cm³/mol. The Labute approximate surface area is 221 Å². The number of urea groups is 1. The largest absolute Gasteiger partial charge is 0.383 e. The highest BCUT2D eigenvalue weighted by Gasteiger charge is 2.29. The molecule has 1 N–H and O–H groups in total. The van der Waals surface area contributed by atoms with Gasteiger partial charge in [-0.25, -0.2) is 9.78 Å². The van der Waals surface area contributed by atoms with Gasteiger partial charge in [0.2, 0.25) is 0 Å². The number of para-hydroxylation sites is 1. The van der Waals surface area contributed by atoms with Gasteiger partial charge in [0, 0.05) is 24.4 Å². The van der Waals surface area contributed by atoms with E-state index in [2.05, 4.69) is 5.32 Å². The molecule has 0 fully saturated rings. The lowest BCUT2D eigenvalue weighted by Crippen LogP contribution is -2.42. The van der Waals surface area contributed by atoms with Crippen LogP contribution in [0.15, 0.2) is 71.5 Å². The van der Waals surface area contributed by atoms with Crippen LogP contribution in [0.5, 0.6) is 0 Å². The van der Waals surface area contributed by atoms with Gasteiger partial charge in [0.25, 0.3) is 5.56 Å². The fourth-order valence-electron chi connectivity index (χ4n) is 4.35. The summed E-state index contributed by atoms with van der Waals surface area (Å²) in [6, 6.07) is 19.3. The summed E-state index contributed by atoms with van der Waals surface area (Å²) in [5.74, 6) is 0.497. The Morgan fingerprint density at radius 1 is 1.08 bits per heavy atom. The Morgan fingerprint density at radius 2 is 1.81 bits per heavy atom. The first-order valence-corrected chi connectivity index (χ1v) is 12.6. The molecule has 1 heterocycles. The van der Waals surface area contributed by atoms with Crippen molar-refractivity contribution >= 4 is 34.2 Å². The highest BCUT2D eigenvalue weighted by molar-refractivity contribution is 6.30. The minimum Gasteiger partial charge on any atom is -0.383 e. The molecule has 0 aliphatic heterocycles. The number of aryl methyl sites for hydroxylation is 2. The molecule has 0 saturated carbocycles. The molecule has 0 aliphatic rings. The topological polar surface area (TPSA) is 76.5 Å². The van der Waals surface area contributed by atoms with E-state index in [1.165, 1.54) is 0 Å². The van der Waals surface area contributed by atoms with E-state index >= 15 is 0 Å². The van der Waals surface area contributed by atoms with Crippen LogP contribution in [0.3, 0.4) is 0 Å². The average molecular weight is 519 g/mol. The van der Waals surface area contributed by atoms with Crippen molar-refractivity contribution in [2.75, 3.05) is 25.6 Å². The molecule has 1 atom stereocenters. The molecule has 0 saturated heterocycles. The summed E-state index contributed by atoms with van der Waals surface area (Å²) >= 11 is 6.01. The van der Waals surface area contributed by atoms with Gasteiger partial charge in [-0.05, 0) is 79.9 Å². The van der Waals surface area contributed by atoms with Crippen LogP contribution in [-0.2, 0) is 4.74 Å². The molecular formula is C29H31ClN4O3. The lowest BCUT2D eigenvalue weighted by molar-refractivity contribution is 0.131. The van der Waals surface area contributed by atoms with Gasteiger partial charge >= 0.3 is 6.03 Å². The van der Waals surface area contributed by atoms with Crippen LogP contribution >= 0.6 is 11.6 Å². The number of methoxy groups -OCH3 is 1. The summed E-state index contributed by atoms with van der Waals surface area (Å²) in [5, 5.41) is 4.05. The number of benzene rings is 3. The standard InChI is InChI=1S/C29H31ClN4O3/c1-5-26(33(16-17-37-4)29(36)31-22-13-11-21(30)12-14-22)27-32-25-9-7-6-8-24(25)28(35)34(27)23-15-10-19(2)20(3)18-23/h6-15,18,26H,5,16-17H2,1-4H3,(H,31,36). The van der Waals surface area contributed by atoms with Gasteiger partial charge < -0.3 is 15.0 Å². The van der Waals surface area contributed by atoms with E-state index in [0.29, 0.717) is 52.7 Å². The van der Waals surface area contributed by atoms with E-state index in [9.17, 15) is 9.59 Å². The normalized spacial score (nSPS) is 11.9. The monoisotopic (exact) mass is 518 g/mol. The summed E-state index contributed by atoms with van der Waals surface area (Å²) in [6.07, 6.45) is 0.535. The third-order valence-electron chi connectivity index (χ3n) is 6.50. The maximum absolute atomic E-state index is 13.9. The van der Waals surface area contributed by atoms with Gasteiger partial charge in [0.05, 0.1) is 29.2 Å². The molecule has 3 aromatic carbocycles. The highest BCUT2D eigenvalue weighted by Crippen LogP contribution is 2.27. The Balaban J connectivity index is 1.87. The molecule has 0 spiro atoms. The summed E-state index contributed by atoms with van der Waals surface area (Å²) in [4.78, 5) is 34.1. The van der Waals surface area contributed by atoms with Crippen LogP contribution in [0.25, 0.3) is 16.6 Å². The molecule has 1 aromatic heterocycles. The molecule has 2 amide bonds. The second-order valence-corrected chi connectivity index (χ2v) is 9.38. The van der Waals surface area contributed by atoms with Gasteiger partial charge in [-0.15, -0.1) is 0 Å². The molecule has 0 aliphatic carbocycles. The maximum atomic E-state index is 13.9. The van der Waals surface area contributed by atoms with Gasteiger partial charge in [-0.1, -0.05) is 36.7 Å². The molecule has 0 radical (unpaired) electrons. The first kappa shape index (κ1) is 26.4. The van der Waals surface area contributed by atoms with Crippen LogP contribution in [0.2, 0.25) is 5.02 Å². The van der Waals surface area contributed by atoms with Crippen molar-refractivity contribution in [3.63, 3.8) is 0 Å². The van der Waals surface area contributed by atoms with Gasteiger partial charge in [0.15, 0.2) is 0 Å². The minimum atomic E-state index is -0.499. The molecule has 1 unspecified atom stereocenters. The van der Waals surface area contributed by atoms with Crippen LogP contribution in [-0.4, -0.2) is 40.7 Å². The van der Waals surface area contributed by atoms with Crippen molar-refractivity contribution in [3.8, 4) is 5.69 Å². The average Bonchev–Trinajstić information content (AvgIpc) is 2.89. The number of carbonyl (C=O) groups excluding carboxylic acids is 1. The summed E-state index contributed by atoms with van der Waals surface area (Å²) in [7, 11) is 1.59. The fourth-order valence-corrected chi connectivity index (χ4v) is 4.47. The number of fused-ring (bicyclic) bond motifs is 1. The van der Waals surface area contributed by atoms with Crippen molar-refractivity contribution in [1.82, 2.24) is 14.5 Å². The van der Waals surface area contributed by atoms with E-state index in [-0.39, 0.29) is 11.6 Å². The molecule has 37 heavy (non-hydrogen) atoms. The van der Waals surface area contributed by atoms with Crippen molar-refractivity contribution in [2.24, 2.45) is 0 Å². The van der Waals surface area contributed by atoms with Crippen molar-refractivity contribution in [3.05, 3.63) is 99.1 Å². The summed E-state index contributed by atoms with van der Waals surface area (Å²) in [5.41, 5.74) is 3.93. The number of aromatic nitrogens is 2. The minimum absolute atomic E-state index is 0.174. The fraction of sp³-hybridized carbons (Fsp3) is 0.276. The third kappa shape index (κ3) is 5.68. The second kappa shape index (κ2) is 11.6. The summed E-state index contributed by atoms with van der Waals surface area (Å²) < 4.78 is 6.97. The Morgan fingerprint density at radius 3 is 2.49 bits per heavy atom. The van der Waals surface area contributed by atoms with Crippen molar-refractivity contribution in [2.45, 2.75) is 33.2 Å². The number of hydrogen-bond donors (Lipinski definition) is 1. The number of carbonyl (C=O) groups is 1. The maximum Gasteiger partial charge on any atom is 0.322 e. The van der Waals surface area contributed by atoms with Gasteiger partial charge in [-0.2, -0.15) is 0 Å². The lowest BCUT2D eigenvalue weighted by Gasteiger charge is -2.32. The number of amides is 2. The molecule has 4 aromatic rings. The zero-order chi connectivity index (χ0) is 26.5. The first-order valence-electron chi connectivity index (χ1n) is 12.3. The molecule has 7 nitrogen and oxygen atoms in total. The molecule has 4 rings (SSSR count). The molecular weight excluding hydrogens is 488 g/mol. The number of nitrogens with zero attached hydrogens (tertiary/aromatic N) is 3. The lowest BCUT2D eigenvalue weighted by atomic mass is 10.1. The first-order chi connectivity index (χ1) is 17.8. The van der Waals surface area contributed by atoms with E-state index in [4.69, 9.17) is 21.3 Å². The Kier molecular flexibility index (Phi) is 8.26. The number of ether oxygens (including phenoxy) is 1. The van der Waals surface area contributed by atoms with E-state index in [1.54, 1.807) is 46.9 Å². The number of rotatable bonds is 8. The van der Waals surface area contributed by atoms with E-state index in [0.717, 1.165) is 11.1 Å². The number of halogens is 1. The molecule has 0 bridgehead atoms. The van der Waals surface area contributed by atoms with Crippen LogP contribution < -0.4 is 10.9 Å². The highest BCUT2D eigenvalue weighted by atomic mass is 35.5. The second-order valence-electron chi connectivity index (χ2n) is 8.94. The summed E-state index contributed by atoms with van der Waals surface area (Å²) in [6.45, 7) is 6.66. The van der Waals surface area contributed by atoms with Gasteiger partial charge in [0.1, 0.15) is 5.82 Å².